The van der Waals surface area contributed by atoms with Crippen LogP contribution < -0.4 is 0 Å². The second kappa shape index (κ2) is 2.03. The van der Waals surface area contributed by atoms with E-state index in [9.17, 15) is 4.79 Å². The molecule has 0 spiro atoms. The maximum atomic E-state index is 9.65. The molecule has 0 aromatic carbocycles. The lowest BCUT2D eigenvalue weighted by Gasteiger charge is -2.25. The van der Waals surface area contributed by atoms with Crippen LogP contribution in [-0.4, -0.2) is 38.3 Å². The van der Waals surface area contributed by atoms with Crippen LogP contribution >= 0.6 is 0 Å². The van der Waals surface area contributed by atoms with Crippen LogP contribution in [0.2, 0.25) is 0 Å². The van der Waals surface area contributed by atoms with Crippen molar-refractivity contribution < 1.29 is 25.2 Å². The molecule has 0 saturated carbocycles. The van der Waals surface area contributed by atoms with Crippen LogP contribution in [0.15, 0.2) is 0 Å². The molecule has 0 amide bonds. The standard InChI is InChI=1S/C4H8O5/c1-3(6,7)4(8,9)2-5/h2,6-9H,1H3. The third-order valence-electron chi connectivity index (χ3n) is 0.861. The molecule has 0 bridgehead atoms. The van der Waals surface area contributed by atoms with Gasteiger partial charge in [-0.1, -0.05) is 0 Å². The van der Waals surface area contributed by atoms with Gasteiger partial charge in [0.05, 0.1) is 0 Å². The maximum absolute atomic E-state index is 9.65. The Hall–Kier alpha value is -0.490. The first kappa shape index (κ1) is 8.51. The molecule has 0 saturated heterocycles. The average Bonchev–Trinajstić information content (AvgIpc) is 1.64. The topological polar surface area (TPSA) is 98.0 Å². The summed E-state index contributed by atoms with van der Waals surface area (Å²) < 4.78 is 0. The van der Waals surface area contributed by atoms with E-state index in [0.717, 1.165) is 0 Å². The van der Waals surface area contributed by atoms with E-state index in [2.05, 4.69) is 0 Å². The number of aliphatic hydroxyl groups is 4. The van der Waals surface area contributed by atoms with Gasteiger partial charge in [-0.15, -0.1) is 0 Å². The van der Waals surface area contributed by atoms with Crippen molar-refractivity contribution in [3.8, 4) is 0 Å². The van der Waals surface area contributed by atoms with Gasteiger partial charge in [-0.05, 0) is 6.92 Å². The van der Waals surface area contributed by atoms with Gasteiger partial charge in [0.1, 0.15) is 0 Å². The van der Waals surface area contributed by atoms with E-state index in [-0.39, 0.29) is 6.29 Å². The Morgan fingerprint density at radius 2 is 1.56 bits per heavy atom. The fourth-order valence-corrected chi connectivity index (χ4v) is 0.112. The highest BCUT2D eigenvalue weighted by molar-refractivity contribution is 5.60. The van der Waals surface area contributed by atoms with Crippen molar-refractivity contribution in [1.29, 1.82) is 0 Å². The summed E-state index contributed by atoms with van der Waals surface area (Å²) in [4.78, 5) is 9.65. The van der Waals surface area contributed by atoms with Crippen molar-refractivity contribution in [2.45, 2.75) is 18.5 Å². The van der Waals surface area contributed by atoms with E-state index in [1.54, 1.807) is 0 Å². The minimum Gasteiger partial charge on any atom is -0.361 e. The SMILES string of the molecule is CC(O)(O)C(O)(O)C=O. The van der Waals surface area contributed by atoms with Gasteiger partial charge in [0.15, 0.2) is 6.29 Å². The number of rotatable bonds is 2. The summed E-state index contributed by atoms with van der Waals surface area (Å²) in [5.41, 5.74) is 0. The van der Waals surface area contributed by atoms with E-state index in [1.165, 1.54) is 0 Å². The summed E-state index contributed by atoms with van der Waals surface area (Å²) in [6, 6.07) is 0. The Morgan fingerprint density at radius 1 is 1.22 bits per heavy atom. The molecule has 54 valence electrons. The molecule has 9 heavy (non-hydrogen) atoms. The van der Waals surface area contributed by atoms with Crippen molar-refractivity contribution >= 4 is 6.29 Å². The van der Waals surface area contributed by atoms with E-state index in [4.69, 9.17) is 20.4 Å². The molecule has 0 radical (unpaired) electrons. The average molecular weight is 136 g/mol. The number of carbonyl (C=O) groups excluding carboxylic acids is 1. The zero-order valence-corrected chi connectivity index (χ0v) is 4.77. The predicted octanol–water partition coefficient (Wildman–Crippen LogP) is -2.43. The first-order valence-electron chi connectivity index (χ1n) is 2.17. The van der Waals surface area contributed by atoms with Crippen LogP contribution in [-0.2, 0) is 4.79 Å². The highest BCUT2D eigenvalue weighted by Gasteiger charge is 2.42. The molecule has 0 aliphatic heterocycles. The van der Waals surface area contributed by atoms with E-state index in [0.29, 0.717) is 6.92 Å². The Morgan fingerprint density at radius 3 is 1.56 bits per heavy atom. The van der Waals surface area contributed by atoms with Crippen LogP contribution in [0.3, 0.4) is 0 Å². The molecule has 0 heterocycles. The molecule has 0 aliphatic carbocycles. The zero-order valence-electron chi connectivity index (χ0n) is 4.77. The van der Waals surface area contributed by atoms with E-state index in [1.807, 2.05) is 0 Å². The lowest BCUT2D eigenvalue weighted by atomic mass is 10.1. The van der Waals surface area contributed by atoms with Crippen molar-refractivity contribution in [3.05, 3.63) is 0 Å². The van der Waals surface area contributed by atoms with Gasteiger partial charge >= 0.3 is 0 Å². The molecule has 0 rings (SSSR count). The first-order valence-corrected chi connectivity index (χ1v) is 2.17. The molecule has 4 N–H and O–H groups in total. The highest BCUT2D eigenvalue weighted by Crippen LogP contribution is 2.12. The van der Waals surface area contributed by atoms with Gasteiger partial charge in [0, 0.05) is 0 Å². The summed E-state index contributed by atoms with van der Waals surface area (Å²) >= 11 is 0. The van der Waals surface area contributed by atoms with Crippen molar-refractivity contribution in [3.63, 3.8) is 0 Å². The second-order valence-electron chi connectivity index (χ2n) is 1.86. The Kier molecular flexibility index (Phi) is 1.92. The van der Waals surface area contributed by atoms with Gasteiger partial charge < -0.3 is 20.4 Å². The lowest BCUT2D eigenvalue weighted by molar-refractivity contribution is -0.322. The summed E-state index contributed by atoms with van der Waals surface area (Å²) in [5, 5.41) is 33.4. The molecule has 0 fully saturated rings. The second-order valence-corrected chi connectivity index (χ2v) is 1.86. The molecule has 0 unspecified atom stereocenters. The monoisotopic (exact) mass is 136 g/mol. The largest absolute Gasteiger partial charge is 0.361 e. The van der Waals surface area contributed by atoms with Crippen molar-refractivity contribution in [1.82, 2.24) is 0 Å². The molecular formula is C4H8O5. The van der Waals surface area contributed by atoms with Crippen LogP contribution in [0.4, 0.5) is 0 Å². The molecule has 0 aromatic rings. The minimum absolute atomic E-state index is 0.368. The third-order valence-corrected chi connectivity index (χ3v) is 0.861. The van der Waals surface area contributed by atoms with Gasteiger partial charge in [-0.25, -0.2) is 0 Å². The lowest BCUT2D eigenvalue weighted by Crippen LogP contribution is -2.53. The number of aldehydes is 1. The predicted molar refractivity (Wildman–Crippen MR) is 26.1 cm³/mol. The molecule has 5 heteroatoms. The molecule has 0 aliphatic rings. The number of hydrogen-bond donors (Lipinski definition) is 4. The minimum atomic E-state index is -3.09. The van der Waals surface area contributed by atoms with E-state index >= 15 is 0 Å². The molecule has 0 atom stereocenters. The summed E-state index contributed by atoms with van der Waals surface area (Å²) in [7, 11) is 0. The summed E-state index contributed by atoms with van der Waals surface area (Å²) in [5.74, 6) is -5.90. The van der Waals surface area contributed by atoms with Crippen LogP contribution in [0.25, 0.3) is 0 Å². The Bertz CT molecular complexity index is 111. The van der Waals surface area contributed by atoms with Crippen LogP contribution in [0.1, 0.15) is 6.92 Å². The molecule has 0 aromatic heterocycles. The van der Waals surface area contributed by atoms with Crippen molar-refractivity contribution in [2.24, 2.45) is 0 Å². The quantitative estimate of drug-likeness (QED) is 0.250. The van der Waals surface area contributed by atoms with E-state index < -0.39 is 11.6 Å². The Balaban J connectivity index is 4.32. The normalized spacial score (nSPS) is 13.4. The highest BCUT2D eigenvalue weighted by atomic mass is 16.6. The van der Waals surface area contributed by atoms with Crippen LogP contribution in [0, 0.1) is 0 Å². The number of hydrogen-bond acceptors (Lipinski definition) is 5. The molecule has 5 nitrogen and oxygen atoms in total. The van der Waals surface area contributed by atoms with Crippen LogP contribution in [0.5, 0.6) is 0 Å². The fraction of sp³-hybridized carbons (Fsp3) is 0.750. The third kappa shape index (κ3) is 1.72. The summed E-state index contributed by atoms with van der Waals surface area (Å²) in [6.45, 7) is 0.682. The number of carbonyl (C=O) groups is 1. The smallest absolute Gasteiger partial charge is 0.276 e. The Labute approximate surface area is 51.2 Å². The summed E-state index contributed by atoms with van der Waals surface area (Å²) in [6.07, 6.45) is -0.368. The van der Waals surface area contributed by atoms with Crippen molar-refractivity contribution in [2.75, 3.05) is 0 Å². The zero-order chi connectivity index (χ0) is 7.71. The van der Waals surface area contributed by atoms with Gasteiger partial charge in [-0.3, -0.25) is 4.79 Å². The first-order chi connectivity index (χ1) is 3.81. The fourth-order valence-electron chi connectivity index (χ4n) is 0.112. The van der Waals surface area contributed by atoms with Gasteiger partial charge in [-0.2, -0.15) is 0 Å². The molecular weight excluding hydrogens is 128 g/mol. The van der Waals surface area contributed by atoms with Gasteiger partial charge in [0.25, 0.3) is 5.79 Å². The van der Waals surface area contributed by atoms with Gasteiger partial charge in [0.2, 0.25) is 5.79 Å². The maximum Gasteiger partial charge on any atom is 0.276 e.